The molecule has 0 radical (unpaired) electrons. The first-order valence-corrected chi connectivity index (χ1v) is 8.55. The third-order valence-corrected chi connectivity index (χ3v) is 4.66. The van der Waals surface area contributed by atoms with Crippen LogP contribution in [0.1, 0.15) is 0 Å². The van der Waals surface area contributed by atoms with Crippen LogP contribution in [-0.2, 0) is 10.0 Å². The van der Waals surface area contributed by atoms with Crippen LogP contribution in [0.15, 0.2) is 35.2 Å². The first-order valence-electron chi connectivity index (χ1n) is 5.68. The second-order valence-corrected chi connectivity index (χ2v) is 6.73. The maximum atomic E-state index is 12.1. The molecular formula is C12H15N3O2S2. The van der Waals surface area contributed by atoms with Gasteiger partial charge in [0.25, 0.3) is 0 Å². The van der Waals surface area contributed by atoms with Crippen molar-refractivity contribution >= 4 is 38.5 Å². The van der Waals surface area contributed by atoms with Crippen molar-refractivity contribution in [2.45, 2.75) is 4.90 Å². The number of hydrogen-bond donors (Lipinski definition) is 2. The van der Waals surface area contributed by atoms with Gasteiger partial charge in [-0.05, 0) is 36.6 Å². The fourth-order valence-corrected chi connectivity index (χ4v) is 3.15. The molecule has 0 amide bonds. The van der Waals surface area contributed by atoms with Gasteiger partial charge < -0.3 is 5.73 Å². The molecule has 1 aromatic carbocycles. The summed E-state index contributed by atoms with van der Waals surface area (Å²) in [5.41, 5.74) is 6.27. The maximum absolute atomic E-state index is 12.1. The lowest BCUT2D eigenvalue weighted by atomic mass is 10.2. The summed E-state index contributed by atoms with van der Waals surface area (Å²) in [6, 6.07) is 8.21. The van der Waals surface area contributed by atoms with Crippen LogP contribution >= 0.6 is 11.8 Å². The Hall–Kier alpha value is -1.31. The number of hydrogen-bond acceptors (Lipinski definition) is 5. The average molecular weight is 297 g/mol. The molecule has 0 saturated heterocycles. The molecule has 1 aromatic heterocycles. The van der Waals surface area contributed by atoms with Gasteiger partial charge in [-0.3, -0.25) is 0 Å². The van der Waals surface area contributed by atoms with Crippen molar-refractivity contribution in [3.05, 3.63) is 30.3 Å². The Kier molecular flexibility index (Phi) is 4.28. The van der Waals surface area contributed by atoms with Gasteiger partial charge in [-0.1, -0.05) is 0 Å². The molecular weight excluding hydrogens is 282 g/mol. The van der Waals surface area contributed by atoms with Crippen LogP contribution in [-0.4, -0.2) is 32.0 Å². The van der Waals surface area contributed by atoms with Gasteiger partial charge in [0, 0.05) is 17.7 Å². The summed E-state index contributed by atoms with van der Waals surface area (Å²) in [5, 5.41) is 0.752. The number of sulfonamides is 1. The number of benzene rings is 1. The van der Waals surface area contributed by atoms with Gasteiger partial charge in [0.05, 0.1) is 10.4 Å². The normalized spacial score (nSPS) is 11.8. The van der Waals surface area contributed by atoms with Crippen molar-refractivity contribution in [1.82, 2.24) is 9.71 Å². The van der Waals surface area contributed by atoms with Crippen LogP contribution in [0.5, 0.6) is 0 Å². The van der Waals surface area contributed by atoms with E-state index in [0.717, 1.165) is 11.1 Å². The Morgan fingerprint density at radius 3 is 2.84 bits per heavy atom. The standard InChI is InChI=1S/C12H15N3O2S2/c1-18-7-6-14-19(16,17)10-3-4-11-9(8-10)2-5-12(13)15-11/h2-5,8,14H,6-7H2,1H3,(H2,13,15). The Balaban J connectivity index is 2.32. The number of rotatable bonds is 5. The van der Waals surface area contributed by atoms with Crippen molar-refractivity contribution in [3.8, 4) is 0 Å². The molecule has 102 valence electrons. The number of fused-ring (bicyclic) bond motifs is 1. The molecule has 0 saturated carbocycles. The number of pyridine rings is 1. The molecule has 0 fully saturated rings. The maximum Gasteiger partial charge on any atom is 0.240 e. The second kappa shape index (κ2) is 5.77. The van der Waals surface area contributed by atoms with E-state index in [1.54, 1.807) is 36.0 Å². The van der Waals surface area contributed by atoms with Crippen LogP contribution in [0.25, 0.3) is 10.9 Å². The molecule has 5 nitrogen and oxygen atoms in total. The number of nitrogens with two attached hydrogens (primary N) is 1. The van der Waals surface area contributed by atoms with E-state index in [1.807, 2.05) is 6.26 Å². The van der Waals surface area contributed by atoms with E-state index in [9.17, 15) is 8.42 Å². The number of aromatic nitrogens is 1. The van der Waals surface area contributed by atoms with E-state index in [2.05, 4.69) is 9.71 Å². The molecule has 0 aliphatic heterocycles. The molecule has 0 aliphatic carbocycles. The molecule has 0 bridgehead atoms. The van der Waals surface area contributed by atoms with Gasteiger partial charge in [-0.15, -0.1) is 0 Å². The van der Waals surface area contributed by atoms with E-state index in [1.165, 1.54) is 6.07 Å². The number of thioether (sulfide) groups is 1. The summed E-state index contributed by atoms with van der Waals surface area (Å²) >= 11 is 1.59. The smallest absolute Gasteiger partial charge is 0.240 e. The quantitative estimate of drug-likeness (QED) is 0.816. The molecule has 2 aromatic rings. The molecule has 0 unspecified atom stereocenters. The molecule has 19 heavy (non-hydrogen) atoms. The zero-order chi connectivity index (χ0) is 13.9. The van der Waals surface area contributed by atoms with Gasteiger partial charge in [-0.25, -0.2) is 18.1 Å². The Morgan fingerprint density at radius 1 is 1.32 bits per heavy atom. The van der Waals surface area contributed by atoms with Crippen molar-refractivity contribution in [3.63, 3.8) is 0 Å². The van der Waals surface area contributed by atoms with Crippen molar-refractivity contribution in [2.75, 3.05) is 24.3 Å². The number of nitrogens with one attached hydrogen (secondary N) is 1. The fourth-order valence-electron chi connectivity index (χ4n) is 1.65. The SMILES string of the molecule is CSCCNS(=O)(=O)c1ccc2nc(N)ccc2c1. The first-order chi connectivity index (χ1) is 9.03. The topological polar surface area (TPSA) is 85.1 Å². The second-order valence-electron chi connectivity index (χ2n) is 3.98. The van der Waals surface area contributed by atoms with Crippen molar-refractivity contribution in [1.29, 1.82) is 0 Å². The van der Waals surface area contributed by atoms with Crippen LogP contribution in [0.3, 0.4) is 0 Å². The number of nitrogen functional groups attached to an aromatic ring is 1. The predicted molar refractivity (Wildman–Crippen MR) is 79.7 cm³/mol. The lowest BCUT2D eigenvalue weighted by molar-refractivity contribution is 0.584. The molecule has 3 N–H and O–H groups in total. The van der Waals surface area contributed by atoms with Crippen LogP contribution in [0, 0.1) is 0 Å². The zero-order valence-electron chi connectivity index (χ0n) is 10.5. The van der Waals surface area contributed by atoms with Crippen LogP contribution < -0.4 is 10.5 Å². The molecule has 0 spiro atoms. The zero-order valence-corrected chi connectivity index (χ0v) is 12.1. The fraction of sp³-hybridized carbons (Fsp3) is 0.250. The molecule has 2 rings (SSSR count). The largest absolute Gasteiger partial charge is 0.384 e. The minimum Gasteiger partial charge on any atom is -0.384 e. The van der Waals surface area contributed by atoms with Gasteiger partial charge >= 0.3 is 0 Å². The molecule has 0 aliphatic rings. The lowest BCUT2D eigenvalue weighted by Gasteiger charge is -2.07. The number of anilines is 1. The van der Waals surface area contributed by atoms with Crippen molar-refractivity contribution in [2.24, 2.45) is 0 Å². The number of nitrogens with zero attached hydrogens (tertiary/aromatic N) is 1. The Labute approximate surface area is 116 Å². The summed E-state index contributed by atoms with van der Waals surface area (Å²) in [6.45, 7) is 0.418. The summed E-state index contributed by atoms with van der Waals surface area (Å²) in [7, 11) is -3.46. The van der Waals surface area contributed by atoms with Gasteiger partial charge in [-0.2, -0.15) is 11.8 Å². The highest BCUT2D eigenvalue weighted by atomic mass is 32.2. The molecule has 0 atom stereocenters. The van der Waals surface area contributed by atoms with E-state index < -0.39 is 10.0 Å². The summed E-state index contributed by atoms with van der Waals surface area (Å²) in [5.74, 6) is 1.16. The molecule has 1 heterocycles. The third-order valence-electron chi connectivity index (χ3n) is 2.59. The van der Waals surface area contributed by atoms with E-state index in [0.29, 0.717) is 17.9 Å². The van der Waals surface area contributed by atoms with Crippen molar-refractivity contribution < 1.29 is 8.42 Å². The third kappa shape index (κ3) is 3.37. The van der Waals surface area contributed by atoms with Gasteiger partial charge in [0.15, 0.2) is 0 Å². The highest BCUT2D eigenvalue weighted by Crippen LogP contribution is 2.18. The summed E-state index contributed by atoms with van der Waals surface area (Å²) < 4.78 is 26.7. The summed E-state index contributed by atoms with van der Waals surface area (Å²) in [4.78, 5) is 4.38. The van der Waals surface area contributed by atoms with Gasteiger partial charge in [0.1, 0.15) is 5.82 Å². The average Bonchev–Trinajstić information content (AvgIpc) is 2.38. The summed E-state index contributed by atoms with van der Waals surface area (Å²) in [6.07, 6.45) is 1.93. The Bertz CT molecular complexity index is 686. The van der Waals surface area contributed by atoms with Crippen LogP contribution in [0.2, 0.25) is 0 Å². The van der Waals surface area contributed by atoms with Crippen LogP contribution in [0.4, 0.5) is 5.82 Å². The van der Waals surface area contributed by atoms with Gasteiger partial charge in [0.2, 0.25) is 10.0 Å². The lowest BCUT2D eigenvalue weighted by Crippen LogP contribution is -2.25. The minimum absolute atomic E-state index is 0.243. The minimum atomic E-state index is -3.46. The highest BCUT2D eigenvalue weighted by Gasteiger charge is 2.13. The van der Waals surface area contributed by atoms with E-state index >= 15 is 0 Å². The predicted octanol–water partition coefficient (Wildman–Crippen LogP) is 1.46. The monoisotopic (exact) mass is 297 g/mol. The van der Waals surface area contributed by atoms with E-state index in [-0.39, 0.29) is 4.90 Å². The molecule has 7 heteroatoms. The Morgan fingerprint density at radius 2 is 2.11 bits per heavy atom. The first kappa shape index (κ1) is 14.1. The highest BCUT2D eigenvalue weighted by molar-refractivity contribution is 7.98. The van der Waals surface area contributed by atoms with E-state index in [4.69, 9.17) is 5.73 Å².